The molecule has 0 saturated heterocycles. The molecule has 0 spiro atoms. The molecule has 0 saturated carbocycles. The first-order chi connectivity index (χ1) is 9.29. The van der Waals surface area contributed by atoms with E-state index in [-0.39, 0.29) is 0 Å². The van der Waals surface area contributed by atoms with Crippen LogP contribution in [0.1, 0.15) is 53.9 Å². The highest BCUT2D eigenvalue weighted by molar-refractivity contribution is 5.17. The Morgan fingerprint density at radius 1 is 1.10 bits per heavy atom. The highest BCUT2D eigenvalue weighted by atomic mass is 14.5. The molecule has 0 heterocycles. The summed E-state index contributed by atoms with van der Waals surface area (Å²) in [5.41, 5.74) is 13.7. The van der Waals surface area contributed by atoms with Gasteiger partial charge in [0.15, 0.2) is 0 Å². The predicted octanol–water partition coefficient (Wildman–Crippen LogP) is 4.66. The van der Waals surface area contributed by atoms with Gasteiger partial charge in [-0.1, -0.05) is 51.5 Å². The third kappa shape index (κ3) is 8.63. The maximum atomic E-state index is 5.97. The summed E-state index contributed by atoms with van der Waals surface area (Å²) in [5.74, 6) is 0.668. The summed E-state index contributed by atoms with van der Waals surface area (Å²) in [6.45, 7) is 11.2. The van der Waals surface area contributed by atoms with E-state index in [1.807, 2.05) is 19.1 Å². The Kier molecular flexibility index (Phi) is 8.78. The van der Waals surface area contributed by atoms with Crippen molar-refractivity contribution < 1.29 is 0 Å². The van der Waals surface area contributed by atoms with Crippen LogP contribution in [-0.2, 0) is 0 Å². The van der Waals surface area contributed by atoms with Crippen LogP contribution in [0.3, 0.4) is 0 Å². The summed E-state index contributed by atoms with van der Waals surface area (Å²) < 4.78 is 0. The van der Waals surface area contributed by atoms with Gasteiger partial charge in [-0.15, -0.1) is 0 Å². The van der Waals surface area contributed by atoms with Gasteiger partial charge < -0.3 is 11.5 Å². The van der Waals surface area contributed by atoms with Crippen molar-refractivity contribution in [1.29, 1.82) is 0 Å². The molecule has 0 aromatic heterocycles. The smallest absolute Gasteiger partial charge is 0.0270 e. The van der Waals surface area contributed by atoms with Crippen LogP contribution in [0, 0.1) is 11.3 Å². The second-order valence-corrected chi connectivity index (χ2v) is 6.34. The Balaban J connectivity index is 4.18. The minimum absolute atomic E-state index is 0.325. The minimum Gasteiger partial charge on any atom is -0.405 e. The number of allylic oxidation sites excluding steroid dienone is 6. The molecule has 2 heteroatoms. The number of hydrogen-bond donors (Lipinski definition) is 2. The normalized spacial score (nSPS) is 14.9. The molecule has 0 aliphatic carbocycles. The van der Waals surface area contributed by atoms with Crippen LogP contribution in [0.5, 0.6) is 0 Å². The average Bonchev–Trinajstić information content (AvgIpc) is 2.34. The summed E-state index contributed by atoms with van der Waals surface area (Å²) >= 11 is 0. The van der Waals surface area contributed by atoms with E-state index in [1.165, 1.54) is 5.57 Å². The van der Waals surface area contributed by atoms with Crippen LogP contribution >= 0.6 is 0 Å². The molecule has 20 heavy (non-hydrogen) atoms. The maximum absolute atomic E-state index is 5.97. The fourth-order valence-corrected chi connectivity index (χ4v) is 1.58. The van der Waals surface area contributed by atoms with Gasteiger partial charge in [0.05, 0.1) is 0 Å². The quantitative estimate of drug-likeness (QED) is 0.500. The first-order valence-electron chi connectivity index (χ1n) is 7.47. The summed E-state index contributed by atoms with van der Waals surface area (Å²) in [7, 11) is 0. The molecule has 0 fully saturated rings. The molecule has 0 radical (unpaired) electrons. The van der Waals surface area contributed by atoms with Gasteiger partial charge in [-0.2, -0.15) is 0 Å². The van der Waals surface area contributed by atoms with Gasteiger partial charge in [0, 0.05) is 5.70 Å². The van der Waals surface area contributed by atoms with Crippen molar-refractivity contribution in [2.24, 2.45) is 22.8 Å². The summed E-state index contributed by atoms with van der Waals surface area (Å²) in [6, 6.07) is 0. The SMILES string of the molecule is CC(/C=C\N)=C/CC/C=C(N)\C=C/CC(C)(C)C(C)C. The molecular formula is C18H32N2. The average molecular weight is 276 g/mol. The van der Waals surface area contributed by atoms with E-state index < -0.39 is 0 Å². The van der Waals surface area contributed by atoms with Gasteiger partial charge in [0.25, 0.3) is 0 Å². The van der Waals surface area contributed by atoms with Gasteiger partial charge in [0.2, 0.25) is 0 Å². The standard InChI is InChI=1S/C18H32N2/c1-15(2)18(4,5)13-8-11-17(20)10-7-6-9-16(3)12-14-19/h8-12,14-15H,6-7,13,19-20H2,1-5H3/b11-8-,14-12-,16-9-,17-10+. The van der Waals surface area contributed by atoms with E-state index in [2.05, 4.69) is 45.9 Å². The highest BCUT2D eigenvalue weighted by Crippen LogP contribution is 2.30. The Labute approximate surface area is 125 Å². The van der Waals surface area contributed by atoms with E-state index >= 15 is 0 Å². The number of unbranched alkanes of at least 4 members (excludes halogenated alkanes) is 1. The van der Waals surface area contributed by atoms with Gasteiger partial charge in [-0.25, -0.2) is 0 Å². The number of hydrogen-bond acceptors (Lipinski definition) is 2. The predicted molar refractivity (Wildman–Crippen MR) is 91.0 cm³/mol. The van der Waals surface area contributed by atoms with Crippen LogP contribution in [0.15, 0.2) is 47.9 Å². The lowest BCUT2D eigenvalue weighted by molar-refractivity contribution is 0.253. The zero-order valence-electron chi connectivity index (χ0n) is 13.8. The minimum atomic E-state index is 0.325. The van der Waals surface area contributed by atoms with Crippen LogP contribution in [0.2, 0.25) is 0 Å². The molecule has 0 aromatic carbocycles. The Morgan fingerprint density at radius 3 is 2.25 bits per heavy atom. The van der Waals surface area contributed by atoms with Gasteiger partial charge >= 0.3 is 0 Å². The molecule has 0 aliphatic rings. The first-order valence-corrected chi connectivity index (χ1v) is 7.47. The molecule has 114 valence electrons. The monoisotopic (exact) mass is 276 g/mol. The zero-order valence-corrected chi connectivity index (χ0v) is 13.8. The molecule has 0 aromatic rings. The molecule has 4 N–H and O–H groups in total. The van der Waals surface area contributed by atoms with E-state index in [0.29, 0.717) is 11.3 Å². The lowest BCUT2D eigenvalue weighted by atomic mass is 9.78. The van der Waals surface area contributed by atoms with Crippen molar-refractivity contribution in [1.82, 2.24) is 0 Å². The Bertz CT molecular complexity index is 382. The van der Waals surface area contributed by atoms with E-state index in [0.717, 1.165) is 25.0 Å². The van der Waals surface area contributed by atoms with Crippen molar-refractivity contribution in [3.8, 4) is 0 Å². The maximum Gasteiger partial charge on any atom is 0.0270 e. The van der Waals surface area contributed by atoms with Crippen molar-refractivity contribution in [3.05, 3.63) is 47.9 Å². The molecular weight excluding hydrogens is 244 g/mol. The molecule has 0 atom stereocenters. The Morgan fingerprint density at radius 2 is 1.70 bits per heavy atom. The van der Waals surface area contributed by atoms with E-state index in [4.69, 9.17) is 11.5 Å². The summed E-state index contributed by atoms with van der Waals surface area (Å²) in [6.07, 6.45) is 14.9. The fourth-order valence-electron chi connectivity index (χ4n) is 1.58. The highest BCUT2D eigenvalue weighted by Gasteiger charge is 2.19. The second-order valence-electron chi connectivity index (χ2n) is 6.34. The first kappa shape index (κ1) is 18.6. The van der Waals surface area contributed by atoms with Gasteiger partial charge in [-0.3, -0.25) is 0 Å². The van der Waals surface area contributed by atoms with Crippen molar-refractivity contribution in [2.45, 2.75) is 53.9 Å². The molecule has 2 nitrogen and oxygen atoms in total. The van der Waals surface area contributed by atoms with Crippen molar-refractivity contribution in [3.63, 3.8) is 0 Å². The Hall–Kier alpha value is -1.44. The van der Waals surface area contributed by atoms with E-state index in [9.17, 15) is 0 Å². The zero-order chi connectivity index (χ0) is 15.6. The number of nitrogens with two attached hydrogens (primary N) is 2. The van der Waals surface area contributed by atoms with Crippen LogP contribution in [-0.4, -0.2) is 0 Å². The lowest BCUT2D eigenvalue weighted by Crippen LogP contribution is -2.17. The van der Waals surface area contributed by atoms with Gasteiger partial charge in [0.1, 0.15) is 0 Å². The van der Waals surface area contributed by atoms with Crippen molar-refractivity contribution >= 4 is 0 Å². The molecule has 0 rings (SSSR count). The molecule has 0 amide bonds. The van der Waals surface area contributed by atoms with Crippen LogP contribution < -0.4 is 11.5 Å². The largest absolute Gasteiger partial charge is 0.405 e. The molecule has 0 unspecified atom stereocenters. The molecule has 0 aliphatic heterocycles. The van der Waals surface area contributed by atoms with E-state index in [1.54, 1.807) is 6.20 Å². The topological polar surface area (TPSA) is 52.0 Å². The van der Waals surface area contributed by atoms with Crippen molar-refractivity contribution in [2.75, 3.05) is 0 Å². The molecule has 0 bridgehead atoms. The third-order valence-corrected chi connectivity index (χ3v) is 3.89. The lowest BCUT2D eigenvalue weighted by Gasteiger charge is -2.27. The summed E-state index contributed by atoms with van der Waals surface area (Å²) in [5, 5.41) is 0. The van der Waals surface area contributed by atoms with Gasteiger partial charge in [-0.05, 0) is 55.9 Å². The fraction of sp³-hybridized carbons (Fsp3) is 0.556. The van der Waals surface area contributed by atoms with Crippen LogP contribution in [0.4, 0.5) is 0 Å². The van der Waals surface area contributed by atoms with Crippen LogP contribution in [0.25, 0.3) is 0 Å². The third-order valence-electron chi connectivity index (χ3n) is 3.89. The number of rotatable bonds is 8. The summed E-state index contributed by atoms with van der Waals surface area (Å²) in [4.78, 5) is 0. The second kappa shape index (κ2) is 9.46.